The summed E-state index contributed by atoms with van der Waals surface area (Å²) >= 11 is 0. The Bertz CT molecular complexity index is 389. The fourth-order valence-electron chi connectivity index (χ4n) is 2.32. The van der Waals surface area contributed by atoms with E-state index in [4.69, 9.17) is 0 Å². The second-order valence-electron chi connectivity index (χ2n) is 4.64. The van der Waals surface area contributed by atoms with E-state index in [1.54, 1.807) is 5.20 Å². The summed E-state index contributed by atoms with van der Waals surface area (Å²) in [4.78, 5) is 0. The number of unbranched alkanes of at least 4 members (excludes halogenated alkanes) is 3. The number of hydrogen-bond acceptors (Lipinski definition) is 0. The molecule has 0 saturated heterocycles. The first-order chi connectivity index (χ1) is 8.42. The molecule has 1 aliphatic rings. The highest BCUT2D eigenvalue weighted by Gasteiger charge is 2.18. The van der Waals surface area contributed by atoms with Crippen LogP contribution in [0, 0.1) is 0 Å². The Morgan fingerprint density at radius 1 is 1.00 bits per heavy atom. The molecule has 17 heavy (non-hydrogen) atoms. The molecule has 0 saturated carbocycles. The highest BCUT2D eigenvalue weighted by atomic mass is 28.3. The summed E-state index contributed by atoms with van der Waals surface area (Å²) in [6.07, 6.45) is 11.4. The lowest BCUT2D eigenvalue weighted by atomic mass is 10.1. The Labute approximate surface area is 107 Å². The minimum Gasteiger partial charge on any atom is -0.0875 e. The molecular weight excluding hydrogens is 220 g/mol. The van der Waals surface area contributed by atoms with E-state index in [0.29, 0.717) is 0 Å². The van der Waals surface area contributed by atoms with Gasteiger partial charge in [0.05, 0.1) is 0 Å². The van der Waals surface area contributed by atoms with Crippen LogP contribution in [0.2, 0.25) is 0 Å². The topological polar surface area (TPSA) is 0 Å². The molecule has 1 aromatic rings. The van der Waals surface area contributed by atoms with Crippen molar-refractivity contribution in [3.8, 4) is 0 Å². The zero-order valence-electron chi connectivity index (χ0n) is 10.7. The molecule has 0 fully saturated rings. The Kier molecular flexibility index (Phi) is 4.81. The summed E-state index contributed by atoms with van der Waals surface area (Å²) in [6.45, 7) is 2.27. The average Bonchev–Trinajstić information content (AvgIpc) is 2.84. The first-order valence-electron chi connectivity index (χ1n) is 6.72. The number of allylic oxidation sites excluding steroid dienone is 3. The van der Waals surface area contributed by atoms with Crippen molar-refractivity contribution >= 4 is 14.0 Å². The van der Waals surface area contributed by atoms with Gasteiger partial charge in [0.25, 0.3) is 0 Å². The van der Waals surface area contributed by atoms with Gasteiger partial charge in [0, 0.05) is 0 Å². The molecule has 0 N–H and O–H groups in total. The maximum Gasteiger partial charge on any atom is 0.142 e. The number of hydrogen-bond donors (Lipinski definition) is 0. The van der Waals surface area contributed by atoms with Gasteiger partial charge >= 0.3 is 0 Å². The Hall–Kier alpha value is -1.08. The van der Waals surface area contributed by atoms with E-state index in [9.17, 15) is 0 Å². The molecule has 1 aromatic carbocycles. The van der Waals surface area contributed by atoms with Gasteiger partial charge in [-0.25, -0.2) is 0 Å². The lowest BCUT2D eigenvalue weighted by molar-refractivity contribution is 0.671. The third kappa shape index (κ3) is 3.44. The van der Waals surface area contributed by atoms with Crippen molar-refractivity contribution in [2.75, 3.05) is 0 Å². The van der Waals surface area contributed by atoms with Crippen LogP contribution in [0.3, 0.4) is 0 Å². The molecule has 89 valence electrons. The predicted molar refractivity (Wildman–Crippen MR) is 77.8 cm³/mol. The molecule has 2 rings (SSSR count). The van der Waals surface area contributed by atoms with Gasteiger partial charge in [0.2, 0.25) is 0 Å². The molecule has 0 aliphatic carbocycles. The molecule has 0 nitrogen and oxygen atoms in total. The summed E-state index contributed by atoms with van der Waals surface area (Å²) in [5.41, 5.74) is 2.43. The van der Waals surface area contributed by atoms with E-state index in [1.165, 1.54) is 37.3 Å². The van der Waals surface area contributed by atoms with E-state index in [2.05, 4.69) is 55.1 Å². The number of rotatable bonds is 6. The Morgan fingerprint density at radius 3 is 2.59 bits per heavy atom. The summed E-state index contributed by atoms with van der Waals surface area (Å²) in [5, 5.41) is 3.23. The molecule has 1 aliphatic heterocycles. The second kappa shape index (κ2) is 6.60. The summed E-state index contributed by atoms with van der Waals surface area (Å²) < 4.78 is 0. The maximum atomic E-state index is 2.43. The van der Waals surface area contributed by atoms with Crippen LogP contribution in [0.1, 0.15) is 39.0 Å². The molecule has 0 aromatic heterocycles. The third-order valence-corrected chi connectivity index (χ3v) is 5.88. The van der Waals surface area contributed by atoms with Gasteiger partial charge in [0.1, 0.15) is 8.80 Å². The van der Waals surface area contributed by atoms with E-state index in [1.807, 2.05) is 0 Å². The summed E-state index contributed by atoms with van der Waals surface area (Å²) in [7, 11) is -0.535. The smallest absolute Gasteiger partial charge is 0.0875 e. The van der Waals surface area contributed by atoms with Crippen LogP contribution in [0.15, 0.2) is 53.4 Å². The van der Waals surface area contributed by atoms with Crippen molar-refractivity contribution < 1.29 is 0 Å². The van der Waals surface area contributed by atoms with E-state index in [-0.39, 0.29) is 0 Å². The average molecular weight is 241 g/mol. The normalized spacial score (nSPS) is 15.2. The van der Waals surface area contributed by atoms with Crippen molar-refractivity contribution in [3.05, 3.63) is 53.4 Å². The number of benzene rings is 1. The zero-order valence-corrected chi connectivity index (χ0v) is 11.7. The maximum absolute atomic E-state index is 2.43. The zero-order chi connectivity index (χ0) is 11.9. The molecule has 0 unspecified atom stereocenters. The van der Waals surface area contributed by atoms with Crippen molar-refractivity contribution in [2.45, 2.75) is 39.0 Å². The fourth-order valence-corrected chi connectivity index (χ4v) is 4.66. The fraction of sp³-hybridized carbons (Fsp3) is 0.375. The van der Waals surface area contributed by atoms with Gasteiger partial charge in [-0.1, -0.05) is 84.8 Å². The van der Waals surface area contributed by atoms with Gasteiger partial charge in [-0.3, -0.25) is 0 Å². The SMILES string of the molecule is CCCCCCC1=CC=C[Si]1c1ccccc1. The monoisotopic (exact) mass is 241 g/mol. The van der Waals surface area contributed by atoms with Crippen LogP contribution >= 0.6 is 0 Å². The van der Waals surface area contributed by atoms with Gasteiger partial charge in [-0.05, 0) is 12.8 Å². The van der Waals surface area contributed by atoms with E-state index < -0.39 is 8.80 Å². The highest BCUT2D eigenvalue weighted by Crippen LogP contribution is 2.18. The lowest BCUT2D eigenvalue weighted by Crippen LogP contribution is -2.29. The van der Waals surface area contributed by atoms with Crippen molar-refractivity contribution in [1.29, 1.82) is 0 Å². The Balaban J connectivity index is 1.91. The minimum atomic E-state index is -0.535. The van der Waals surface area contributed by atoms with Crippen molar-refractivity contribution in [1.82, 2.24) is 0 Å². The van der Waals surface area contributed by atoms with Gasteiger partial charge in [-0.2, -0.15) is 0 Å². The van der Waals surface area contributed by atoms with Crippen molar-refractivity contribution in [2.24, 2.45) is 0 Å². The molecule has 1 heteroatoms. The van der Waals surface area contributed by atoms with Gasteiger partial charge in [-0.15, -0.1) is 0 Å². The highest BCUT2D eigenvalue weighted by molar-refractivity contribution is 6.84. The lowest BCUT2D eigenvalue weighted by Gasteiger charge is -2.12. The van der Waals surface area contributed by atoms with Crippen LogP contribution < -0.4 is 5.19 Å². The molecular formula is C16H21Si. The summed E-state index contributed by atoms with van der Waals surface area (Å²) in [5.74, 6) is 0. The van der Waals surface area contributed by atoms with E-state index in [0.717, 1.165) is 0 Å². The van der Waals surface area contributed by atoms with Crippen LogP contribution in [0.4, 0.5) is 0 Å². The summed E-state index contributed by atoms with van der Waals surface area (Å²) in [6, 6.07) is 11.0. The molecule has 0 amide bonds. The minimum absolute atomic E-state index is 0.535. The van der Waals surface area contributed by atoms with Crippen molar-refractivity contribution in [3.63, 3.8) is 0 Å². The molecule has 1 radical (unpaired) electrons. The first kappa shape index (κ1) is 12.4. The predicted octanol–water partition coefficient (Wildman–Crippen LogP) is 3.93. The van der Waals surface area contributed by atoms with Crippen LogP contribution in [0.5, 0.6) is 0 Å². The first-order valence-corrected chi connectivity index (χ1v) is 8.29. The molecule has 1 heterocycles. The molecule has 0 bridgehead atoms. The van der Waals surface area contributed by atoms with Gasteiger partial charge < -0.3 is 0 Å². The third-order valence-electron chi connectivity index (χ3n) is 3.29. The largest absolute Gasteiger partial charge is 0.142 e. The van der Waals surface area contributed by atoms with E-state index >= 15 is 0 Å². The van der Waals surface area contributed by atoms with Crippen LogP contribution in [0.25, 0.3) is 0 Å². The molecule has 0 atom stereocenters. The van der Waals surface area contributed by atoms with Gasteiger partial charge in [0.15, 0.2) is 0 Å². The van der Waals surface area contributed by atoms with Crippen LogP contribution in [-0.4, -0.2) is 8.80 Å². The quantitative estimate of drug-likeness (QED) is 0.523. The van der Waals surface area contributed by atoms with Crippen LogP contribution in [-0.2, 0) is 0 Å². The standard InChI is InChI=1S/C16H21Si/c1-2-3-4-6-10-16-13-9-14-17(16)15-11-7-5-8-12-15/h5,7-9,11-14H,2-4,6,10H2,1H3. The second-order valence-corrected chi connectivity index (χ2v) is 7.02. The Morgan fingerprint density at radius 2 is 1.82 bits per heavy atom. The molecule has 0 spiro atoms.